The summed E-state index contributed by atoms with van der Waals surface area (Å²) in [6, 6.07) is 9.89. The molecule has 18 heavy (non-hydrogen) atoms. The second-order valence-corrected chi connectivity index (χ2v) is 5.19. The van der Waals surface area contributed by atoms with E-state index in [2.05, 4.69) is 41.2 Å². The van der Waals surface area contributed by atoms with Crippen molar-refractivity contribution in [2.75, 3.05) is 0 Å². The molecule has 1 heterocycles. The van der Waals surface area contributed by atoms with Crippen LogP contribution in [0.3, 0.4) is 0 Å². The molecule has 0 amide bonds. The Bertz CT molecular complexity index is 575. The van der Waals surface area contributed by atoms with Gasteiger partial charge in [-0.1, -0.05) is 24.6 Å². The quantitative estimate of drug-likeness (QED) is 0.860. The number of benzene rings is 1. The third kappa shape index (κ3) is 3.47. The summed E-state index contributed by atoms with van der Waals surface area (Å²) in [5, 5.41) is 0. The van der Waals surface area contributed by atoms with Crippen molar-refractivity contribution in [1.82, 2.24) is 9.97 Å². The summed E-state index contributed by atoms with van der Waals surface area (Å²) in [7, 11) is 0. The van der Waals surface area contributed by atoms with Crippen LogP contribution in [0.1, 0.15) is 24.0 Å². The molecular formula is C14H16N2OS. The molecule has 0 atom stereocenters. The molecule has 2 rings (SSSR count). The van der Waals surface area contributed by atoms with Crippen LogP contribution >= 0.6 is 11.8 Å². The summed E-state index contributed by atoms with van der Waals surface area (Å²) in [5.74, 6) is 1.43. The number of hydrogen-bond acceptors (Lipinski definition) is 3. The average Bonchev–Trinajstić information content (AvgIpc) is 2.37. The molecule has 0 fully saturated rings. The summed E-state index contributed by atoms with van der Waals surface area (Å²) in [4.78, 5) is 19.8. The number of aryl methyl sites for hydroxylation is 2. The van der Waals surface area contributed by atoms with Gasteiger partial charge in [-0.2, -0.15) is 0 Å². The first-order chi connectivity index (χ1) is 8.67. The first-order valence-electron chi connectivity index (χ1n) is 5.96. The van der Waals surface area contributed by atoms with Gasteiger partial charge in [0.1, 0.15) is 5.82 Å². The molecule has 0 aliphatic carbocycles. The number of nitrogens with zero attached hydrogens (tertiary/aromatic N) is 1. The van der Waals surface area contributed by atoms with Crippen LogP contribution in [-0.4, -0.2) is 9.97 Å². The molecule has 2 aromatic rings. The number of H-pyrrole nitrogens is 1. The number of aromatic amines is 1. The van der Waals surface area contributed by atoms with Crippen LogP contribution in [-0.2, 0) is 12.2 Å². The minimum absolute atomic E-state index is 0.0682. The number of nitrogens with one attached hydrogen (secondary N) is 1. The molecule has 1 N–H and O–H groups in total. The van der Waals surface area contributed by atoms with Crippen molar-refractivity contribution >= 4 is 11.8 Å². The van der Waals surface area contributed by atoms with Crippen LogP contribution in [0.2, 0.25) is 0 Å². The normalized spacial score (nSPS) is 10.6. The zero-order chi connectivity index (χ0) is 13.0. The molecule has 0 unspecified atom stereocenters. The van der Waals surface area contributed by atoms with Crippen LogP contribution in [0, 0.1) is 6.92 Å². The standard InChI is InChI=1S/C14H16N2OS/c1-3-11-8-14(17)16-13(15-11)9-18-12-6-4-10(2)5-7-12/h4-8H,3,9H2,1-2H3,(H,15,16,17). The summed E-state index contributed by atoms with van der Waals surface area (Å²) in [6.07, 6.45) is 0.784. The smallest absolute Gasteiger partial charge is 0.251 e. The Morgan fingerprint density at radius 1 is 1.28 bits per heavy atom. The zero-order valence-corrected chi connectivity index (χ0v) is 11.4. The zero-order valence-electron chi connectivity index (χ0n) is 10.6. The molecule has 1 aromatic heterocycles. The van der Waals surface area contributed by atoms with Gasteiger partial charge < -0.3 is 4.98 Å². The summed E-state index contributed by atoms with van der Waals surface area (Å²) in [5.41, 5.74) is 2.03. The SMILES string of the molecule is CCc1cc(=O)[nH]c(CSc2ccc(C)cc2)n1. The topological polar surface area (TPSA) is 45.8 Å². The molecule has 0 spiro atoms. The Hall–Kier alpha value is -1.55. The summed E-state index contributed by atoms with van der Waals surface area (Å²) < 4.78 is 0. The minimum atomic E-state index is -0.0682. The lowest BCUT2D eigenvalue weighted by Crippen LogP contribution is -2.11. The van der Waals surface area contributed by atoms with E-state index in [1.807, 2.05) is 6.92 Å². The van der Waals surface area contributed by atoms with Gasteiger partial charge in [0.25, 0.3) is 5.56 Å². The van der Waals surface area contributed by atoms with E-state index in [0.29, 0.717) is 5.75 Å². The molecule has 0 aliphatic heterocycles. The van der Waals surface area contributed by atoms with Crippen LogP contribution in [0.4, 0.5) is 0 Å². The van der Waals surface area contributed by atoms with Crippen molar-refractivity contribution < 1.29 is 0 Å². The summed E-state index contributed by atoms with van der Waals surface area (Å²) in [6.45, 7) is 4.07. The van der Waals surface area contributed by atoms with Gasteiger partial charge in [-0.15, -0.1) is 11.8 Å². The lowest BCUT2D eigenvalue weighted by atomic mass is 10.2. The van der Waals surface area contributed by atoms with Gasteiger partial charge in [-0.25, -0.2) is 4.98 Å². The Balaban J connectivity index is 2.08. The average molecular weight is 260 g/mol. The highest BCUT2D eigenvalue weighted by atomic mass is 32.2. The number of thioether (sulfide) groups is 1. The maximum absolute atomic E-state index is 11.4. The first kappa shape index (κ1) is 12.9. The van der Waals surface area contributed by atoms with E-state index in [1.54, 1.807) is 17.8 Å². The van der Waals surface area contributed by atoms with E-state index in [4.69, 9.17) is 0 Å². The molecule has 0 radical (unpaired) electrons. The predicted octanol–water partition coefficient (Wildman–Crippen LogP) is 2.93. The molecular weight excluding hydrogens is 244 g/mol. The van der Waals surface area contributed by atoms with Gasteiger partial charge in [0.05, 0.1) is 5.75 Å². The number of aromatic nitrogens is 2. The van der Waals surface area contributed by atoms with E-state index in [1.165, 1.54) is 10.5 Å². The highest BCUT2D eigenvalue weighted by Gasteiger charge is 2.01. The lowest BCUT2D eigenvalue weighted by Gasteiger charge is -2.03. The van der Waals surface area contributed by atoms with Crippen LogP contribution in [0.5, 0.6) is 0 Å². The second kappa shape index (κ2) is 5.87. The number of hydrogen-bond donors (Lipinski definition) is 1. The maximum atomic E-state index is 11.4. The Morgan fingerprint density at radius 3 is 2.67 bits per heavy atom. The van der Waals surface area contributed by atoms with Crippen molar-refractivity contribution in [2.45, 2.75) is 30.9 Å². The molecule has 3 nitrogen and oxygen atoms in total. The number of rotatable bonds is 4. The van der Waals surface area contributed by atoms with Crippen molar-refractivity contribution in [1.29, 1.82) is 0 Å². The van der Waals surface area contributed by atoms with Gasteiger partial charge in [0.15, 0.2) is 0 Å². The minimum Gasteiger partial charge on any atom is -0.310 e. The highest BCUT2D eigenvalue weighted by molar-refractivity contribution is 7.98. The monoisotopic (exact) mass is 260 g/mol. The Morgan fingerprint density at radius 2 is 2.00 bits per heavy atom. The van der Waals surface area contributed by atoms with Gasteiger partial charge in [0.2, 0.25) is 0 Å². The third-order valence-corrected chi connectivity index (χ3v) is 3.63. The van der Waals surface area contributed by atoms with Crippen molar-refractivity contribution in [2.24, 2.45) is 0 Å². The van der Waals surface area contributed by atoms with Crippen molar-refractivity contribution in [3.8, 4) is 0 Å². The van der Waals surface area contributed by atoms with Gasteiger partial charge in [-0.05, 0) is 25.5 Å². The van der Waals surface area contributed by atoms with Gasteiger partial charge >= 0.3 is 0 Å². The lowest BCUT2D eigenvalue weighted by molar-refractivity contribution is 0.920. The second-order valence-electron chi connectivity index (χ2n) is 4.14. The van der Waals surface area contributed by atoms with E-state index in [9.17, 15) is 4.79 Å². The molecule has 4 heteroatoms. The highest BCUT2D eigenvalue weighted by Crippen LogP contribution is 2.21. The van der Waals surface area contributed by atoms with Gasteiger partial charge in [-0.3, -0.25) is 4.79 Å². The Kier molecular flexibility index (Phi) is 4.20. The fourth-order valence-electron chi connectivity index (χ4n) is 1.60. The third-order valence-electron chi connectivity index (χ3n) is 2.60. The van der Waals surface area contributed by atoms with E-state index < -0.39 is 0 Å². The van der Waals surface area contributed by atoms with Crippen LogP contribution in [0.25, 0.3) is 0 Å². The Labute approximate surface area is 111 Å². The van der Waals surface area contributed by atoms with Gasteiger partial charge in [0, 0.05) is 16.7 Å². The van der Waals surface area contributed by atoms with Crippen molar-refractivity contribution in [3.63, 3.8) is 0 Å². The predicted molar refractivity (Wildman–Crippen MR) is 75.0 cm³/mol. The fraction of sp³-hybridized carbons (Fsp3) is 0.286. The van der Waals surface area contributed by atoms with Crippen LogP contribution in [0.15, 0.2) is 40.0 Å². The van der Waals surface area contributed by atoms with E-state index in [-0.39, 0.29) is 5.56 Å². The van der Waals surface area contributed by atoms with Crippen LogP contribution < -0.4 is 5.56 Å². The fourth-order valence-corrected chi connectivity index (χ4v) is 2.37. The molecule has 0 aliphatic rings. The molecule has 1 aromatic carbocycles. The van der Waals surface area contributed by atoms with E-state index >= 15 is 0 Å². The molecule has 0 bridgehead atoms. The molecule has 0 saturated carbocycles. The first-order valence-corrected chi connectivity index (χ1v) is 6.94. The largest absolute Gasteiger partial charge is 0.310 e. The maximum Gasteiger partial charge on any atom is 0.251 e. The molecule has 94 valence electrons. The van der Waals surface area contributed by atoms with Crippen molar-refractivity contribution in [3.05, 3.63) is 57.8 Å². The summed E-state index contributed by atoms with van der Waals surface area (Å²) >= 11 is 1.68. The van der Waals surface area contributed by atoms with E-state index in [0.717, 1.165) is 17.9 Å². The molecule has 0 saturated heterocycles.